The normalized spacial score (nSPS) is 11.7. The lowest BCUT2D eigenvalue weighted by molar-refractivity contribution is 0.0570. The maximum Gasteiger partial charge on any atom is 0.421 e. The molecule has 0 atom stereocenters. The zero-order chi connectivity index (χ0) is 25.3. The second-order valence-electron chi connectivity index (χ2n) is 8.03. The Morgan fingerprint density at radius 1 is 1.06 bits per heavy atom. The molecular formula is C21H21Cl2N5O5S. The molecule has 0 aliphatic heterocycles. The number of sulfonamides is 1. The van der Waals surface area contributed by atoms with Crippen LogP contribution in [0.1, 0.15) is 31.3 Å². The van der Waals surface area contributed by atoms with Crippen LogP contribution < -0.4 is 15.8 Å². The van der Waals surface area contributed by atoms with Crippen LogP contribution in [0.25, 0.3) is 5.69 Å². The molecule has 0 spiro atoms. The molecule has 34 heavy (non-hydrogen) atoms. The van der Waals surface area contributed by atoms with E-state index in [0.29, 0.717) is 21.4 Å². The summed E-state index contributed by atoms with van der Waals surface area (Å²) in [4.78, 5) is 23.6. The van der Waals surface area contributed by atoms with Gasteiger partial charge in [0.05, 0.1) is 26.8 Å². The molecule has 10 nitrogen and oxygen atoms in total. The van der Waals surface area contributed by atoms with Gasteiger partial charge < -0.3 is 15.8 Å². The molecule has 1 aromatic heterocycles. The summed E-state index contributed by atoms with van der Waals surface area (Å²) < 4.78 is 33.0. The van der Waals surface area contributed by atoms with Gasteiger partial charge >= 0.3 is 6.09 Å². The highest BCUT2D eigenvalue weighted by atomic mass is 35.5. The number of ether oxygens (including phenoxy) is 1. The number of hydrogen-bond donors (Lipinski definition) is 3. The van der Waals surface area contributed by atoms with Crippen LogP contribution in [0.5, 0.6) is 0 Å². The SMILES string of the molecule is CC(C)(C)OC(=O)NS(=O)(=O)c1ccc(Nc2cn(-c3c(Cl)cccc3Cl)nc2C(N)=O)cc1. The van der Waals surface area contributed by atoms with Crippen molar-refractivity contribution < 1.29 is 22.7 Å². The van der Waals surface area contributed by atoms with Crippen molar-refractivity contribution in [1.82, 2.24) is 14.5 Å². The number of para-hydroxylation sites is 1. The minimum Gasteiger partial charge on any atom is -0.443 e. The molecule has 0 aliphatic rings. The van der Waals surface area contributed by atoms with E-state index in [2.05, 4.69) is 10.4 Å². The van der Waals surface area contributed by atoms with E-state index in [-0.39, 0.29) is 16.3 Å². The number of nitrogens with one attached hydrogen (secondary N) is 2. The first-order valence-corrected chi connectivity index (χ1v) is 12.0. The summed E-state index contributed by atoms with van der Waals surface area (Å²) in [5.74, 6) is -0.801. The number of halogens is 2. The van der Waals surface area contributed by atoms with E-state index in [1.807, 2.05) is 4.72 Å². The smallest absolute Gasteiger partial charge is 0.421 e. The van der Waals surface area contributed by atoms with Crippen LogP contribution in [0, 0.1) is 0 Å². The van der Waals surface area contributed by atoms with Crippen molar-refractivity contribution in [1.29, 1.82) is 0 Å². The topological polar surface area (TPSA) is 145 Å². The third-order valence-electron chi connectivity index (χ3n) is 4.17. The molecule has 0 aliphatic carbocycles. The van der Waals surface area contributed by atoms with E-state index in [0.717, 1.165) is 0 Å². The van der Waals surface area contributed by atoms with Crippen LogP contribution in [0.2, 0.25) is 10.0 Å². The van der Waals surface area contributed by atoms with Crippen molar-refractivity contribution in [2.75, 3.05) is 5.32 Å². The van der Waals surface area contributed by atoms with Crippen molar-refractivity contribution in [2.24, 2.45) is 5.73 Å². The number of nitrogens with two attached hydrogens (primary N) is 1. The molecule has 1 heterocycles. The molecule has 0 unspecified atom stereocenters. The molecule has 2 amide bonds. The summed E-state index contributed by atoms with van der Waals surface area (Å²) in [5, 5.41) is 7.75. The Morgan fingerprint density at radius 3 is 2.18 bits per heavy atom. The van der Waals surface area contributed by atoms with E-state index in [9.17, 15) is 18.0 Å². The Bertz CT molecular complexity index is 1330. The zero-order valence-corrected chi connectivity index (χ0v) is 20.6. The highest BCUT2D eigenvalue weighted by molar-refractivity contribution is 7.90. The lowest BCUT2D eigenvalue weighted by Crippen LogP contribution is -2.36. The van der Waals surface area contributed by atoms with Gasteiger partial charge in [-0.05, 0) is 57.2 Å². The van der Waals surface area contributed by atoms with Gasteiger partial charge in [0, 0.05) is 5.69 Å². The van der Waals surface area contributed by atoms with Gasteiger partial charge in [0.25, 0.3) is 15.9 Å². The molecule has 0 bridgehead atoms. The summed E-state index contributed by atoms with van der Waals surface area (Å²) in [6, 6.07) is 10.3. The van der Waals surface area contributed by atoms with Crippen LogP contribution in [-0.2, 0) is 14.8 Å². The monoisotopic (exact) mass is 525 g/mol. The molecule has 13 heteroatoms. The van der Waals surface area contributed by atoms with E-state index in [1.54, 1.807) is 39.0 Å². The average molecular weight is 526 g/mol. The Labute approximate surface area is 206 Å². The number of hydrogen-bond acceptors (Lipinski definition) is 7. The Kier molecular flexibility index (Phi) is 7.10. The van der Waals surface area contributed by atoms with Crippen molar-refractivity contribution in [3.63, 3.8) is 0 Å². The van der Waals surface area contributed by atoms with Crippen LogP contribution >= 0.6 is 23.2 Å². The van der Waals surface area contributed by atoms with Gasteiger partial charge in [-0.1, -0.05) is 29.3 Å². The highest BCUT2D eigenvalue weighted by Gasteiger charge is 2.23. The fourth-order valence-corrected chi connectivity index (χ4v) is 4.25. The molecule has 3 aromatic rings. The van der Waals surface area contributed by atoms with E-state index >= 15 is 0 Å². The first-order chi connectivity index (χ1) is 15.8. The van der Waals surface area contributed by atoms with Gasteiger partial charge in [-0.2, -0.15) is 5.10 Å². The van der Waals surface area contributed by atoms with Gasteiger partial charge in [0.15, 0.2) is 5.69 Å². The number of nitrogens with zero attached hydrogens (tertiary/aromatic N) is 2. The van der Waals surface area contributed by atoms with Crippen molar-refractivity contribution in [3.8, 4) is 5.69 Å². The van der Waals surface area contributed by atoms with Gasteiger partial charge in [0.1, 0.15) is 11.3 Å². The van der Waals surface area contributed by atoms with Crippen molar-refractivity contribution >= 4 is 56.6 Å². The third-order valence-corrected chi connectivity index (χ3v) is 6.11. The Balaban J connectivity index is 1.85. The van der Waals surface area contributed by atoms with Gasteiger partial charge in [-0.3, -0.25) is 4.79 Å². The fraction of sp³-hybridized carbons (Fsp3) is 0.190. The summed E-state index contributed by atoms with van der Waals surface area (Å²) >= 11 is 12.4. The molecule has 0 saturated heterocycles. The standard InChI is InChI=1S/C21H21Cl2N5O5S/c1-21(2,3)33-20(30)27-34(31,32)13-9-7-12(8-10-13)25-16-11-28(26-17(16)19(24)29)18-14(22)5-4-6-15(18)23/h4-11,25H,1-3H3,(H2,24,29)(H,27,30). The van der Waals surface area contributed by atoms with Gasteiger partial charge in [-0.25, -0.2) is 22.6 Å². The number of amides is 2. The molecule has 0 radical (unpaired) electrons. The second kappa shape index (κ2) is 9.53. The summed E-state index contributed by atoms with van der Waals surface area (Å²) in [6.07, 6.45) is 0.383. The minimum atomic E-state index is -4.16. The molecule has 0 saturated carbocycles. The van der Waals surface area contributed by atoms with E-state index in [1.165, 1.54) is 35.1 Å². The summed E-state index contributed by atoms with van der Waals surface area (Å²) in [6.45, 7) is 4.84. The summed E-state index contributed by atoms with van der Waals surface area (Å²) in [7, 11) is -4.16. The molecule has 4 N–H and O–H groups in total. The lowest BCUT2D eigenvalue weighted by atomic mass is 10.2. The highest BCUT2D eigenvalue weighted by Crippen LogP contribution is 2.30. The quantitative estimate of drug-likeness (QED) is 0.436. The Hall–Kier alpha value is -3.28. The van der Waals surface area contributed by atoms with Gasteiger partial charge in [0.2, 0.25) is 0 Å². The number of primary amides is 1. The second-order valence-corrected chi connectivity index (χ2v) is 10.5. The van der Waals surface area contributed by atoms with Crippen LogP contribution in [0.15, 0.2) is 53.6 Å². The minimum absolute atomic E-state index is 0.0840. The lowest BCUT2D eigenvalue weighted by Gasteiger charge is -2.19. The summed E-state index contributed by atoms with van der Waals surface area (Å²) in [5.41, 5.74) is 5.53. The third kappa shape index (κ3) is 5.99. The fourth-order valence-electron chi connectivity index (χ4n) is 2.81. The van der Waals surface area contributed by atoms with Gasteiger partial charge in [-0.15, -0.1) is 0 Å². The van der Waals surface area contributed by atoms with Crippen molar-refractivity contribution in [3.05, 3.63) is 64.4 Å². The predicted molar refractivity (Wildman–Crippen MR) is 128 cm³/mol. The van der Waals surface area contributed by atoms with Crippen LogP contribution in [-0.4, -0.2) is 35.8 Å². The number of carbonyl (C=O) groups excluding carboxylic acids is 2. The van der Waals surface area contributed by atoms with Crippen LogP contribution in [0.3, 0.4) is 0 Å². The first-order valence-electron chi connectivity index (χ1n) is 9.73. The predicted octanol–water partition coefficient (Wildman–Crippen LogP) is 4.24. The average Bonchev–Trinajstić information content (AvgIpc) is 3.10. The van der Waals surface area contributed by atoms with E-state index < -0.39 is 27.6 Å². The first kappa shape index (κ1) is 25.3. The number of carbonyl (C=O) groups is 2. The van der Waals surface area contributed by atoms with Crippen LogP contribution in [0.4, 0.5) is 16.2 Å². The van der Waals surface area contributed by atoms with E-state index in [4.69, 9.17) is 33.7 Å². The number of aromatic nitrogens is 2. The number of anilines is 2. The Morgan fingerprint density at radius 2 is 1.65 bits per heavy atom. The molecule has 2 aromatic carbocycles. The number of benzene rings is 2. The molecule has 3 rings (SSSR count). The molecular weight excluding hydrogens is 505 g/mol. The number of rotatable bonds is 6. The largest absolute Gasteiger partial charge is 0.443 e. The maximum atomic E-state index is 12.4. The van der Waals surface area contributed by atoms with Crippen molar-refractivity contribution in [2.45, 2.75) is 31.3 Å². The molecule has 180 valence electrons. The maximum absolute atomic E-state index is 12.4. The zero-order valence-electron chi connectivity index (χ0n) is 18.3. The molecule has 0 fully saturated rings.